The number of hydrogen-bond acceptors (Lipinski definition) is 4. The third-order valence-electron chi connectivity index (χ3n) is 3.93. The zero-order valence-electron chi connectivity index (χ0n) is 10.6. The molecule has 5 heteroatoms. The molecule has 0 spiro atoms. The third kappa shape index (κ3) is 1.75. The van der Waals surface area contributed by atoms with E-state index >= 15 is 0 Å². The highest BCUT2D eigenvalue weighted by Crippen LogP contribution is 2.39. The van der Waals surface area contributed by atoms with E-state index in [1.165, 1.54) is 0 Å². The molecule has 2 N–H and O–H groups in total. The fourth-order valence-electron chi connectivity index (χ4n) is 2.43. The quantitative estimate of drug-likeness (QED) is 0.835. The average molecular weight is 247 g/mol. The number of amides is 1. The van der Waals surface area contributed by atoms with Crippen molar-refractivity contribution in [1.29, 1.82) is 0 Å². The summed E-state index contributed by atoms with van der Waals surface area (Å²) in [5, 5.41) is 6.20. The van der Waals surface area contributed by atoms with Gasteiger partial charge < -0.3 is 15.4 Å². The van der Waals surface area contributed by atoms with Crippen LogP contribution >= 0.6 is 0 Å². The smallest absolute Gasteiger partial charge is 0.252 e. The lowest BCUT2D eigenvalue weighted by atomic mass is 10.1. The van der Waals surface area contributed by atoms with E-state index in [0.29, 0.717) is 0 Å². The van der Waals surface area contributed by atoms with E-state index in [-0.39, 0.29) is 17.6 Å². The van der Waals surface area contributed by atoms with Gasteiger partial charge in [-0.05, 0) is 19.4 Å². The second kappa shape index (κ2) is 3.95. The van der Waals surface area contributed by atoms with Crippen LogP contribution in [0.1, 0.15) is 29.3 Å². The van der Waals surface area contributed by atoms with Crippen molar-refractivity contribution in [1.82, 2.24) is 10.3 Å². The summed E-state index contributed by atoms with van der Waals surface area (Å²) < 4.78 is 5.35. The molecule has 5 nitrogen and oxygen atoms in total. The minimum atomic E-state index is -0.190. The van der Waals surface area contributed by atoms with E-state index in [4.69, 9.17) is 4.74 Å². The largest absolute Gasteiger partial charge is 0.376 e. The van der Waals surface area contributed by atoms with Crippen molar-refractivity contribution in [3.05, 3.63) is 23.4 Å². The van der Waals surface area contributed by atoms with E-state index < -0.39 is 0 Å². The minimum absolute atomic E-state index is 0.0249. The highest BCUT2D eigenvalue weighted by molar-refractivity contribution is 5.97. The van der Waals surface area contributed by atoms with Crippen LogP contribution in [0, 0.1) is 0 Å². The molecule has 0 aromatic carbocycles. The molecular formula is C13H17N3O2. The summed E-state index contributed by atoms with van der Waals surface area (Å²) in [5.41, 5.74) is 1.56. The van der Waals surface area contributed by atoms with Gasteiger partial charge in [0.05, 0.1) is 11.6 Å². The van der Waals surface area contributed by atoms with E-state index in [9.17, 15) is 4.79 Å². The number of pyridine rings is 1. The Kier molecular flexibility index (Phi) is 2.52. The van der Waals surface area contributed by atoms with Crippen molar-refractivity contribution in [2.24, 2.45) is 0 Å². The first-order chi connectivity index (χ1) is 8.64. The SMILES string of the molecule is CO[C@@]1(C)C[C@H]1NC(=O)c1ccnc2c1CCN2. The first kappa shape index (κ1) is 11.5. The topological polar surface area (TPSA) is 63.2 Å². The molecule has 2 heterocycles. The Bertz CT molecular complexity index is 503. The average Bonchev–Trinajstić information content (AvgIpc) is 2.81. The van der Waals surface area contributed by atoms with E-state index in [1.54, 1.807) is 19.4 Å². The second-order valence-corrected chi connectivity index (χ2v) is 5.11. The molecule has 0 unspecified atom stereocenters. The number of anilines is 1. The number of carbonyl (C=O) groups excluding carboxylic acids is 1. The van der Waals surface area contributed by atoms with Crippen LogP contribution in [0.15, 0.2) is 12.3 Å². The predicted octanol–water partition coefficient (Wildman–Crippen LogP) is 0.957. The summed E-state index contributed by atoms with van der Waals surface area (Å²) in [5.74, 6) is 0.816. The number of fused-ring (bicyclic) bond motifs is 1. The van der Waals surface area contributed by atoms with Gasteiger partial charge in [0.2, 0.25) is 0 Å². The predicted molar refractivity (Wildman–Crippen MR) is 67.7 cm³/mol. The number of ether oxygens (including phenoxy) is 1. The Hall–Kier alpha value is -1.62. The Morgan fingerprint density at radius 3 is 3.22 bits per heavy atom. The molecule has 96 valence electrons. The molecule has 18 heavy (non-hydrogen) atoms. The summed E-state index contributed by atoms with van der Waals surface area (Å²) in [7, 11) is 1.68. The molecular weight excluding hydrogens is 230 g/mol. The minimum Gasteiger partial charge on any atom is -0.376 e. The molecule has 2 aliphatic rings. The lowest BCUT2D eigenvalue weighted by Gasteiger charge is -2.11. The molecule has 1 amide bonds. The molecule has 0 bridgehead atoms. The van der Waals surface area contributed by atoms with Gasteiger partial charge >= 0.3 is 0 Å². The molecule has 1 aliphatic carbocycles. The summed E-state index contributed by atoms with van der Waals surface area (Å²) in [6.45, 7) is 2.86. The number of hydrogen-bond donors (Lipinski definition) is 2. The Labute approximate surface area is 106 Å². The highest BCUT2D eigenvalue weighted by atomic mass is 16.5. The zero-order valence-corrected chi connectivity index (χ0v) is 10.6. The first-order valence-electron chi connectivity index (χ1n) is 6.22. The van der Waals surface area contributed by atoms with Gasteiger partial charge in [0.25, 0.3) is 5.91 Å². The lowest BCUT2D eigenvalue weighted by molar-refractivity contribution is 0.0786. The van der Waals surface area contributed by atoms with Gasteiger partial charge in [0.15, 0.2) is 0 Å². The molecule has 3 rings (SSSR count). The van der Waals surface area contributed by atoms with E-state index in [2.05, 4.69) is 15.6 Å². The number of methoxy groups -OCH3 is 1. The second-order valence-electron chi connectivity index (χ2n) is 5.11. The summed E-state index contributed by atoms with van der Waals surface area (Å²) >= 11 is 0. The van der Waals surface area contributed by atoms with Crippen LogP contribution in [0.4, 0.5) is 5.82 Å². The summed E-state index contributed by atoms with van der Waals surface area (Å²) in [6.07, 6.45) is 3.41. The maximum absolute atomic E-state index is 12.2. The molecule has 1 aromatic rings. The molecule has 2 atom stereocenters. The van der Waals surface area contributed by atoms with Gasteiger partial charge in [-0.25, -0.2) is 4.98 Å². The van der Waals surface area contributed by atoms with Crippen molar-refractivity contribution in [2.75, 3.05) is 19.0 Å². The van der Waals surface area contributed by atoms with Crippen LogP contribution in [0.5, 0.6) is 0 Å². The first-order valence-corrected chi connectivity index (χ1v) is 6.22. The van der Waals surface area contributed by atoms with Crippen molar-refractivity contribution in [2.45, 2.75) is 31.4 Å². The van der Waals surface area contributed by atoms with Crippen LogP contribution in [-0.4, -0.2) is 36.2 Å². The number of carbonyl (C=O) groups is 1. The van der Waals surface area contributed by atoms with E-state index in [1.807, 2.05) is 6.92 Å². The summed E-state index contributed by atoms with van der Waals surface area (Å²) in [6, 6.07) is 1.90. The highest BCUT2D eigenvalue weighted by Gasteiger charge is 2.51. The number of nitrogens with zero attached hydrogens (tertiary/aromatic N) is 1. The molecule has 0 radical (unpaired) electrons. The fraction of sp³-hybridized carbons (Fsp3) is 0.538. The van der Waals surface area contributed by atoms with Gasteiger partial charge in [0, 0.05) is 37.4 Å². The molecule has 1 saturated carbocycles. The Morgan fingerprint density at radius 1 is 1.67 bits per heavy atom. The van der Waals surface area contributed by atoms with Gasteiger partial charge in [-0.15, -0.1) is 0 Å². The lowest BCUT2D eigenvalue weighted by Crippen LogP contribution is -2.32. The number of rotatable bonds is 3. The van der Waals surface area contributed by atoms with Gasteiger partial charge in [-0.3, -0.25) is 4.79 Å². The molecule has 1 aromatic heterocycles. The van der Waals surface area contributed by atoms with Crippen molar-refractivity contribution in [3.63, 3.8) is 0 Å². The number of nitrogens with one attached hydrogen (secondary N) is 2. The van der Waals surface area contributed by atoms with Crippen molar-refractivity contribution in [3.8, 4) is 0 Å². The maximum Gasteiger partial charge on any atom is 0.252 e. The van der Waals surface area contributed by atoms with Crippen LogP contribution in [0.3, 0.4) is 0 Å². The fourth-order valence-corrected chi connectivity index (χ4v) is 2.43. The third-order valence-corrected chi connectivity index (χ3v) is 3.93. The summed E-state index contributed by atoms with van der Waals surface area (Å²) in [4.78, 5) is 16.5. The Balaban J connectivity index is 1.76. The van der Waals surface area contributed by atoms with Crippen LogP contribution < -0.4 is 10.6 Å². The van der Waals surface area contributed by atoms with Gasteiger partial charge in [-0.2, -0.15) is 0 Å². The van der Waals surface area contributed by atoms with Crippen LogP contribution in [0.25, 0.3) is 0 Å². The van der Waals surface area contributed by atoms with Crippen molar-refractivity contribution < 1.29 is 9.53 Å². The van der Waals surface area contributed by atoms with Crippen LogP contribution in [0.2, 0.25) is 0 Å². The maximum atomic E-state index is 12.2. The van der Waals surface area contributed by atoms with Crippen molar-refractivity contribution >= 4 is 11.7 Å². The zero-order chi connectivity index (χ0) is 12.8. The number of aromatic nitrogens is 1. The monoisotopic (exact) mass is 247 g/mol. The molecule has 1 fully saturated rings. The molecule has 0 saturated heterocycles. The standard InChI is InChI=1S/C13H17N3O2/c1-13(18-2)7-10(13)16-12(17)9-4-6-15-11-8(9)3-5-14-11/h4,6,10H,3,5,7H2,1-2H3,(H,14,15)(H,16,17)/t10-,13+/m1/s1. The van der Waals surface area contributed by atoms with Gasteiger partial charge in [-0.1, -0.05) is 0 Å². The van der Waals surface area contributed by atoms with Gasteiger partial charge in [0.1, 0.15) is 5.82 Å². The Morgan fingerprint density at radius 2 is 2.50 bits per heavy atom. The van der Waals surface area contributed by atoms with Crippen LogP contribution in [-0.2, 0) is 11.2 Å². The normalized spacial score (nSPS) is 28.4. The molecule has 1 aliphatic heterocycles. The van der Waals surface area contributed by atoms with E-state index in [0.717, 1.165) is 36.3 Å².